The van der Waals surface area contributed by atoms with Gasteiger partial charge in [-0.25, -0.2) is 0 Å². The van der Waals surface area contributed by atoms with Crippen LogP contribution in [0, 0.1) is 6.92 Å². The number of thioether (sulfide) groups is 1. The van der Waals surface area contributed by atoms with E-state index in [1.165, 1.54) is 18.9 Å². The molecule has 0 saturated carbocycles. The van der Waals surface area contributed by atoms with Gasteiger partial charge in [0.1, 0.15) is 4.32 Å². The van der Waals surface area contributed by atoms with Crippen LogP contribution in [0.25, 0.3) is 6.08 Å². The Labute approximate surface area is 127 Å². The van der Waals surface area contributed by atoms with E-state index in [0.717, 1.165) is 5.56 Å². The first kappa shape index (κ1) is 14.9. The Morgan fingerprint density at radius 3 is 2.75 bits per heavy atom. The maximum absolute atomic E-state index is 12.1. The summed E-state index contributed by atoms with van der Waals surface area (Å²) in [5, 5.41) is 9.81. The highest BCUT2D eigenvalue weighted by molar-refractivity contribution is 8.26. The number of ether oxygens (including phenoxy) is 1. The minimum absolute atomic E-state index is 0.0767. The van der Waals surface area contributed by atoms with Crippen molar-refractivity contribution in [2.24, 2.45) is 0 Å². The number of benzene rings is 1. The molecule has 1 aromatic rings. The van der Waals surface area contributed by atoms with Crippen LogP contribution in [0.3, 0.4) is 0 Å². The van der Waals surface area contributed by atoms with Crippen LogP contribution in [0.2, 0.25) is 0 Å². The van der Waals surface area contributed by atoms with Gasteiger partial charge in [-0.05, 0) is 43.2 Å². The quantitative estimate of drug-likeness (QED) is 0.687. The molecule has 0 aromatic heterocycles. The Balaban J connectivity index is 2.39. The molecule has 20 heavy (non-hydrogen) atoms. The number of aryl methyl sites for hydroxylation is 1. The molecule has 2 rings (SSSR count). The lowest BCUT2D eigenvalue weighted by molar-refractivity contribution is -0.121. The first-order chi connectivity index (χ1) is 9.47. The number of phenols is 1. The van der Waals surface area contributed by atoms with Crippen molar-refractivity contribution in [3.8, 4) is 11.5 Å². The Morgan fingerprint density at radius 1 is 1.50 bits per heavy atom. The number of hydrogen-bond donors (Lipinski definition) is 1. The maximum atomic E-state index is 12.1. The topological polar surface area (TPSA) is 49.8 Å². The number of likely N-dealkylation sites (N-methyl/N-ethyl adjacent to an activating group) is 1. The highest BCUT2D eigenvalue weighted by Crippen LogP contribution is 2.35. The number of thiocarbonyl (C=S) groups is 1. The molecule has 0 atom stereocenters. The molecule has 1 amide bonds. The maximum Gasteiger partial charge on any atom is 0.266 e. The lowest BCUT2D eigenvalue weighted by atomic mass is 10.1. The third-order valence-corrected chi connectivity index (χ3v) is 4.37. The summed E-state index contributed by atoms with van der Waals surface area (Å²) < 4.78 is 5.69. The number of aromatic hydroxyl groups is 1. The van der Waals surface area contributed by atoms with E-state index in [1.54, 1.807) is 30.0 Å². The molecular formula is C14H15NO3S2. The summed E-state index contributed by atoms with van der Waals surface area (Å²) in [4.78, 5) is 14.3. The predicted octanol–water partition coefficient (Wildman–Crippen LogP) is 2.93. The summed E-state index contributed by atoms with van der Waals surface area (Å²) in [6.07, 6.45) is 1.77. The molecule has 1 N–H and O–H groups in total. The summed E-state index contributed by atoms with van der Waals surface area (Å²) in [6, 6.07) is 3.50. The summed E-state index contributed by atoms with van der Waals surface area (Å²) in [5.41, 5.74) is 1.50. The van der Waals surface area contributed by atoms with Crippen molar-refractivity contribution in [2.45, 2.75) is 13.8 Å². The van der Waals surface area contributed by atoms with Gasteiger partial charge >= 0.3 is 0 Å². The van der Waals surface area contributed by atoms with E-state index in [-0.39, 0.29) is 11.7 Å². The van der Waals surface area contributed by atoms with Gasteiger partial charge in [0.2, 0.25) is 0 Å². The zero-order chi connectivity index (χ0) is 14.9. The minimum atomic E-state index is -0.0767. The van der Waals surface area contributed by atoms with Crippen LogP contribution in [0.15, 0.2) is 17.0 Å². The highest BCUT2D eigenvalue weighted by atomic mass is 32.2. The number of nitrogens with zero attached hydrogens (tertiary/aromatic N) is 1. The number of methoxy groups -OCH3 is 1. The molecule has 0 bridgehead atoms. The molecule has 1 saturated heterocycles. The lowest BCUT2D eigenvalue weighted by Crippen LogP contribution is -2.27. The molecule has 0 aliphatic carbocycles. The van der Waals surface area contributed by atoms with Crippen LogP contribution in [0.4, 0.5) is 0 Å². The van der Waals surface area contributed by atoms with Gasteiger partial charge in [-0.15, -0.1) is 0 Å². The zero-order valence-electron chi connectivity index (χ0n) is 11.5. The van der Waals surface area contributed by atoms with Gasteiger partial charge < -0.3 is 9.84 Å². The number of carbonyl (C=O) groups is 1. The van der Waals surface area contributed by atoms with Crippen molar-refractivity contribution < 1.29 is 14.6 Å². The summed E-state index contributed by atoms with van der Waals surface area (Å²) >= 11 is 6.46. The Hall–Kier alpha value is -1.53. The monoisotopic (exact) mass is 309 g/mol. The average Bonchev–Trinajstić information content (AvgIpc) is 2.68. The van der Waals surface area contributed by atoms with Crippen molar-refractivity contribution in [3.63, 3.8) is 0 Å². The molecule has 1 aromatic carbocycles. The van der Waals surface area contributed by atoms with Crippen LogP contribution in [0.5, 0.6) is 11.5 Å². The Kier molecular flexibility index (Phi) is 4.35. The van der Waals surface area contributed by atoms with Gasteiger partial charge in [-0.3, -0.25) is 9.69 Å². The molecule has 1 fully saturated rings. The van der Waals surface area contributed by atoms with Crippen LogP contribution in [-0.2, 0) is 4.79 Å². The predicted molar refractivity (Wildman–Crippen MR) is 84.9 cm³/mol. The number of carbonyl (C=O) groups excluding carboxylic acids is 1. The molecule has 4 nitrogen and oxygen atoms in total. The summed E-state index contributed by atoms with van der Waals surface area (Å²) in [7, 11) is 1.49. The second-order valence-electron chi connectivity index (χ2n) is 4.31. The normalized spacial score (nSPS) is 17.1. The molecule has 106 valence electrons. The molecule has 1 heterocycles. The molecular weight excluding hydrogens is 294 g/mol. The first-order valence-electron chi connectivity index (χ1n) is 6.11. The van der Waals surface area contributed by atoms with Gasteiger partial charge in [0.25, 0.3) is 5.91 Å². The van der Waals surface area contributed by atoms with Crippen molar-refractivity contribution in [3.05, 3.63) is 28.2 Å². The van der Waals surface area contributed by atoms with Crippen LogP contribution in [0.1, 0.15) is 18.1 Å². The van der Waals surface area contributed by atoms with Gasteiger partial charge in [0.15, 0.2) is 11.5 Å². The third kappa shape index (κ3) is 2.66. The standard InChI is InChI=1S/C14H15NO3S2/c1-4-15-13(17)11(20-14(15)19)7-9-5-8(2)12(16)10(6-9)18-3/h5-7,16H,4H2,1-3H3/b11-7-. The van der Waals surface area contributed by atoms with Gasteiger partial charge in [-0.2, -0.15) is 0 Å². The van der Waals surface area contributed by atoms with E-state index >= 15 is 0 Å². The van der Waals surface area contributed by atoms with Crippen molar-refractivity contribution in [1.29, 1.82) is 0 Å². The summed E-state index contributed by atoms with van der Waals surface area (Å²) in [6.45, 7) is 4.24. The second kappa shape index (κ2) is 5.85. The average molecular weight is 309 g/mol. The largest absolute Gasteiger partial charge is 0.504 e. The summed E-state index contributed by atoms with van der Waals surface area (Å²) in [5.74, 6) is 0.431. The Bertz CT molecular complexity index is 611. The molecule has 1 aliphatic rings. The molecule has 0 unspecified atom stereocenters. The van der Waals surface area contributed by atoms with E-state index < -0.39 is 0 Å². The Morgan fingerprint density at radius 2 is 2.20 bits per heavy atom. The zero-order valence-corrected chi connectivity index (χ0v) is 13.1. The molecule has 6 heteroatoms. The molecule has 1 aliphatic heterocycles. The second-order valence-corrected chi connectivity index (χ2v) is 5.99. The fraction of sp³-hybridized carbons (Fsp3) is 0.286. The fourth-order valence-corrected chi connectivity index (χ4v) is 3.32. The smallest absolute Gasteiger partial charge is 0.266 e. The third-order valence-electron chi connectivity index (χ3n) is 3.00. The van der Waals surface area contributed by atoms with Crippen LogP contribution in [-0.4, -0.2) is 33.9 Å². The van der Waals surface area contributed by atoms with Gasteiger partial charge in [-0.1, -0.05) is 24.0 Å². The SMILES string of the molecule is CCN1C(=O)/C(=C/c2cc(C)c(O)c(OC)c2)SC1=S. The number of amides is 1. The first-order valence-corrected chi connectivity index (χ1v) is 7.33. The van der Waals surface area contributed by atoms with E-state index in [9.17, 15) is 9.90 Å². The molecule has 0 spiro atoms. The van der Waals surface area contributed by atoms with E-state index in [4.69, 9.17) is 17.0 Å². The molecule has 0 radical (unpaired) electrons. The number of hydrogen-bond acceptors (Lipinski definition) is 5. The van der Waals surface area contributed by atoms with E-state index in [0.29, 0.717) is 27.1 Å². The van der Waals surface area contributed by atoms with Gasteiger partial charge in [0, 0.05) is 6.54 Å². The lowest BCUT2D eigenvalue weighted by Gasteiger charge is -2.10. The minimum Gasteiger partial charge on any atom is -0.504 e. The fourth-order valence-electron chi connectivity index (χ4n) is 1.94. The number of phenolic OH excluding ortho intramolecular Hbond substituents is 1. The highest BCUT2D eigenvalue weighted by Gasteiger charge is 2.30. The number of rotatable bonds is 3. The van der Waals surface area contributed by atoms with E-state index in [2.05, 4.69) is 0 Å². The van der Waals surface area contributed by atoms with Crippen LogP contribution >= 0.6 is 24.0 Å². The van der Waals surface area contributed by atoms with Gasteiger partial charge in [0.05, 0.1) is 12.0 Å². The van der Waals surface area contributed by atoms with Crippen molar-refractivity contribution >= 4 is 40.3 Å². The van der Waals surface area contributed by atoms with E-state index in [1.807, 2.05) is 6.92 Å². The van der Waals surface area contributed by atoms with Crippen molar-refractivity contribution in [1.82, 2.24) is 4.90 Å². The van der Waals surface area contributed by atoms with Crippen molar-refractivity contribution in [2.75, 3.05) is 13.7 Å². The van der Waals surface area contributed by atoms with Crippen LogP contribution < -0.4 is 4.74 Å².